The molecule has 15 heteroatoms. The Balaban J connectivity index is 1.82. The molecule has 5 rings (SSSR count). The Morgan fingerprint density at radius 2 is 1.90 bits per heavy atom. The number of carbonyl (C=O) groups is 2. The summed E-state index contributed by atoms with van der Waals surface area (Å²) in [4.78, 5) is 59.3. The molecular formula is C36H35F5N4O6. The summed E-state index contributed by atoms with van der Waals surface area (Å²) in [6, 6.07) is 0.945. The highest BCUT2D eigenvalue weighted by Crippen LogP contribution is 2.45. The number of aromatic nitrogens is 3. The smallest absolute Gasteiger partial charge is 0.418 e. The first kappa shape index (κ1) is 36.9. The minimum absolute atomic E-state index is 0.0621. The van der Waals surface area contributed by atoms with E-state index in [-0.39, 0.29) is 42.7 Å². The van der Waals surface area contributed by atoms with Crippen LogP contribution in [0.3, 0.4) is 0 Å². The van der Waals surface area contributed by atoms with Crippen LogP contribution in [0.4, 0.5) is 22.0 Å². The van der Waals surface area contributed by atoms with E-state index in [1.165, 1.54) is 50.6 Å². The molecule has 4 atom stereocenters. The third kappa shape index (κ3) is 7.42. The Morgan fingerprint density at radius 1 is 1.16 bits per heavy atom. The molecule has 0 radical (unpaired) electrons. The van der Waals surface area contributed by atoms with Gasteiger partial charge in [-0.3, -0.25) is 23.9 Å². The first-order chi connectivity index (χ1) is 24.2. The van der Waals surface area contributed by atoms with Gasteiger partial charge in [0.1, 0.15) is 30.1 Å². The van der Waals surface area contributed by atoms with Gasteiger partial charge in [-0.1, -0.05) is 31.7 Å². The second-order valence-corrected chi connectivity index (χ2v) is 12.2. The van der Waals surface area contributed by atoms with Crippen molar-refractivity contribution in [2.24, 2.45) is 18.9 Å². The minimum atomic E-state index is -5.14. The van der Waals surface area contributed by atoms with Crippen LogP contribution in [-0.4, -0.2) is 44.8 Å². The number of fused-ring (bicyclic) bond motifs is 4. The third-order valence-electron chi connectivity index (χ3n) is 9.05. The molecule has 1 aliphatic carbocycles. The molecule has 0 saturated heterocycles. The maximum atomic E-state index is 16.4. The number of hydrogen-bond acceptors (Lipinski definition) is 7. The van der Waals surface area contributed by atoms with Gasteiger partial charge in [0.2, 0.25) is 5.91 Å². The molecule has 2 aliphatic rings. The van der Waals surface area contributed by atoms with E-state index in [2.05, 4.69) is 16.9 Å². The molecule has 2 aromatic heterocycles. The molecule has 1 amide bonds. The van der Waals surface area contributed by atoms with E-state index < -0.39 is 88.0 Å². The SMILES string of the molecule is C=C1/C=C\C(CC)C2CC=C(C(F)(F)F)C(F)=C2[C@H](CC(=O)OCC)NC(=O)C(n2c(=O)c3ccncc3n(C)c2=O)c2cc(ccc2F)CO1. The fraction of sp³-hybridized carbons (Fsp3) is 0.361. The van der Waals surface area contributed by atoms with E-state index in [1.54, 1.807) is 13.0 Å². The van der Waals surface area contributed by atoms with Gasteiger partial charge in [-0.15, -0.1) is 0 Å². The highest BCUT2D eigenvalue weighted by molar-refractivity contribution is 5.86. The summed E-state index contributed by atoms with van der Waals surface area (Å²) in [5, 5.41) is 2.38. The summed E-state index contributed by atoms with van der Waals surface area (Å²) >= 11 is 0. The molecule has 0 spiro atoms. The van der Waals surface area contributed by atoms with Crippen molar-refractivity contribution in [3.05, 3.63) is 122 Å². The van der Waals surface area contributed by atoms with E-state index >= 15 is 8.78 Å². The van der Waals surface area contributed by atoms with Crippen molar-refractivity contribution in [2.45, 2.75) is 58.0 Å². The summed E-state index contributed by atoms with van der Waals surface area (Å²) in [6.45, 7) is 6.73. The second-order valence-electron chi connectivity index (χ2n) is 12.2. The number of alkyl halides is 3. The summed E-state index contributed by atoms with van der Waals surface area (Å²) in [6.07, 6.45) is 0.314. The average Bonchev–Trinajstić information content (AvgIpc) is 3.08. The molecule has 3 heterocycles. The van der Waals surface area contributed by atoms with Gasteiger partial charge in [-0.05, 0) is 67.0 Å². The van der Waals surface area contributed by atoms with Gasteiger partial charge < -0.3 is 14.8 Å². The number of pyridine rings is 1. The molecular weight excluding hydrogens is 679 g/mol. The number of benzene rings is 1. The van der Waals surface area contributed by atoms with Gasteiger partial charge in [-0.25, -0.2) is 18.1 Å². The second kappa shape index (κ2) is 14.9. The van der Waals surface area contributed by atoms with Crippen molar-refractivity contribution in [2.75, 3.05) is 6.61 Å². The molecule has 270 valence electrons. The predicted octanol–water partition coefficient (Wildman–Crippen LogP) is 5.62. The summed E-state index contributed by atoms with van der Waals surface area (Å²) in [7, 11) is 1.30. The van der Waals surface area contributed by atoms with Crippen LogP contribution >= 0.6 is 0 Å². The van der Waals surface area contributed by atoms with Crippen LogP contribution in [0.25, 0.3) is 10.9 Å². The molecule has 1 aromatic carbocycles. The lowest BCUT2D eigenvalue weighted by Crippen LogP contribution is -2.50. The van der Waals surface area contributed by atoms with Gasteiger partial charge in [0, 0.05) is 18.8 Å². The zero-order valence-corrected chi connectivity index (χ0v) is 27.9. The zero-order valence-electron chi connectivity index (χ0n) is 27.9. The van der Waals surface area contributed by atoms with Crippen LogP contribution < -0.4 is 16.6 Å². The van der Waals surface area contributed by atoms with Crippen LogP contribution in [0.1, 0.15) is 50.3 Å². The molecule has 3 unspecified atom stereocenters. The third-order valence-corrected chi connectivity index (χ3v) is 9.05. The molecule has 1 aliphatic heterocycles. The molecule has 51 heavy (non-hydrogen) atoms. The fourth-order valence-corrected chi connectivity index (χ4v) is 6.56. The van der Waals surface area contributed by atoms with E-state index in [0.717, 1.165) is 16.7 Å². The molecule has 2 bridgehead atoms. The van der Waals surface area contributed by atoms with Crippen LogP contribution in [-0.2, 0) is 32.7 Å². The van der Waals surface area contributed by atoms with Gasteiger partial charge >= 0.3 is 17.8 Å². The summed E-state index contributed by atoms with van der Waals surface area (Å²) in [5.41, 5.74) is -4.29. The maximum absolute atomic E-state index is 16.4. The largest absolute Gasteiger partial charge is 0.490 e. The number of nitrogens with one attached hydrogen (secondary N) is 1. The van der Waals surface area contributed by atoms with E-state index in [9.17, 15) is 32.3 Å². The molecule has 0 saturated carbocycles. The number of hydrogen-bond donors (Lipinski definition) is 1. The van der Waals surface area contributed by atoms with Crippen molar-refractivity contribution >= 4 is 22.8 Å². The Hall–Kier alpha value is -5.34. The van der Waals surface area contributed by atoms with Crippen LogP contribution in [0.15, 0.2) is 93.8 Å². The standard InChI is InChI=1S/C36H35F5N4O6/c1-5-21-9-7-19(3)51-18-20-8-12-26(37)24(15-20)32(45-34(48)23-13-14-42-17-28(23)44(4)35(45)49)33(47)43-27(16-29(46)50-6-2)30-22(21)10-11-25(31(30)38)36(39,40)41/h7-9,11-15,17,21-22,27,32H,3,5-6,10,16,18H2,1-2,4H3,(H,43,47)/b9-7-/t21?,22?,27-,32?/m0/s1. The maximum Gasteiger partial charge on any atom is 0.418 e. The van der Waals surface area contributed by atoms with Crippen LogP contribution in [0.2, 0.25) is 0 Å². The molecule has 0 fully saturated rings. The number of amides is 1. The van der Waals surface area contributed by atoms with Gasteiger partial charge in [0.05, 0.1) is 41.7 Å². The highest BCUT2D eigenvalue weighted by atomic mass is 19.4. The Morgan fingerprint density at radius 3 is 2.59 bits per heavy atom. The Bertz CT molecular complexity index is 2100. The first-order valence-corrected chi connectivity index (χ1v) is 16.1. The number of halogens is 5. The lowest BCUT2D eigenvalue weighted by atomic mass is 9.74. The average molecular weight is 715 g/mol. The first-order valence-electron chi connectivity index (χ1n) is 16.1. The lowest BCUT2D eigenvalue weighted by molar-refractivity contribution is -0.143. The molecule has 3 aromatic rings. The number of rotatable bonds is 5. The van der Waals surface area contributed by atoms with E-state index in [1.807, 2.05) is 0 Å². The normalized spacial score (nSPS) is 22.2. The highest BCUT2D eigenvalue weighted by Gasteiger charge is 2.45. The number of aryl methyl sites for hydroxylation is 1. The summed E-state index contributed by atoms with van der Waals surface area (Å²) in [5.74, 6) is -6.55. The number of nitrogens with zero attached hydrogens (tertiary/aromatic N) is 3. The number of carbonyl (C=O) groups excluding carboxylic acids is 2. The number of ether oxygens (including phenoxy) is 2. The molecule has 1 N–H and O–H groups in total. The Labute approximate surface area is 288 Å². The predicted molar refractivity (Wildman–Crippen MR) is 176 cm³/mol. The van der Waals surface area contributed by atoms with Crippen molar-refractivity contribution < 1.29 is 41.0 Å². The monoisotopic (exact) mass is 714 g/mol. The topological polar surface area (TPSA) is 122 Å². The van der Waals surface area contributed by atoms with E-state index in [0.29, 0.717) is 10.1 Å². The fourth-order valence-electron chi connectivity index (χ4n) is 6.56. The number of allylic oxidation sites excluding steroid dienone is 5. The Kier molecular flexibility index (Phi) is 10.8. The van der Waals surface area contributed by atoms with E-state index in [4.69, 9.17) is 9.47 Å². The van der Waals surface area contributed by atoms with Crippen molar-refractivity contribution in [3.8, 4) is 0 Å². The quantitative estimate of drug-likeness (QED) is 0.269. The minimum Gasteiger partial charge on any atom is -0.490 e. The van der Waals surface area contributed by atoms with Crippen molar-refractivity contribution in [1.29, 1.82) is 0 Å². The summed E-state index contributed by atoms with van der Waals surface area (Å²) < 4.78 is 87.1. The zero-order chi connectivity index (χ0) is 37.2. The molecule has 10 nitrogen and oxygen atoms in total. The van der Waals surface area contributed by atoms with Crippen molar-refractivity contribution in [1.82, 2.24) is 19.4 Å². The van der Waals surface area contributed by atoms with Gasteiger partial charge in [0.15, 0.2) is 0 Å². The van der Waals surface area contributed by atoms with Crippen LogP contribution in [0, 0.1) is 17.7 Å². The van der Waals surface area contributed by atoms with Gasteiger partial charge in [-0.2, -0.15) is 13.2 Å². The van der Waals surface area contributed by atoms with Crippen LogP contribution in [0.5, 0.6) is 0 Å². The number of esters is 1. The van der Waals surface area contributed by atoms with Gasteiger partial charge in [0.25, 0.3) is 5.56 Å². The van der Waals surface area contributed by atoms with Crippen molar-refractivity contribution in [3.63, 3.8) is 0 Å². The lowest BCUT2D eigenvalue weighted by Gasteiger charge is -2.35.